The van der Waals surface area contributed by atoms with Crippen LogP contribution in [0.25, 0.3) is 0 Å². The van der Waals surface area contributed by atoms with Crippen molar-refractivity contribution in [3.05, 3.63) is 28.5 Å². The van der Waals surface area contributed by atoms with Crippen LogP contribution in [-0.4, -0.2) is 49.5 Å². The molecule has 0 saturated carbocycles. The van der Waals surface area contributed by atoms with Crippen molar-refractivity contribution in [1.82, 2.24) is 14.6 Å². The van der Waals surface area contributed by atoms with Crippen molar-refractivity contribution in [3.8, 4) is 0 Å². The van der Waals surface area contributed by atoms with Crippen LogP contribution in [0.2, 0.25) is 0 Å². The van der Waals surface area contributed by atoms with E-state index in [4.69, 9.17) is 0 Å². The van der Waals surface area contributed by atoms with Crippen molar-refractivity contribution < 1.29 is 13.2 Å². The molecule has 0 aliphatic rings. The summed E-state index contributed by atoms with van der Waals surface area (Å²) < 4.78 is 24.7. The molecule has 0 unspecified atom stereocenters. The number of halogens is 1. The van der Waals surface area contributed by atoms with Crippen LogP contribution in [0.4, 0.5) is 0 Å². The van der Waals surface area contributed by atoms with Crippen molar-refractivity contribution in [2.75, 3.05) is 25.9 Å². The first-order valence-corrected chi connectivity index (χ1v) is 8.83. The fourth-order valence-corrected chi connectivity index (χ4v) is 2.96. The minimum atomic E-state index is -3.17. The van der Waals surface area contributed by atoms with Crippen LogP contribution in [0.5, 0.6) is 0 Å². The van der Waals surface area contributed by atoms with E-state index in [1.807, 2.05) is 0 Å². The van der Waals surface area contributed by atoms with Gasteiger partial charge in [-0.25, -0.2) is 17.7 Å². The van der Waals surface area contributed by atoms with E-state index >= 15 is 0 Å². The molecule has 0 bridgehead atoms. The molecule has 1 aromatic heterocycles. The Labute approximate surface area is 127 Å². The molecule has 112 valence electrons. The molecule has 8 heteroatoms. The van der Waals surface area contributed by atoms with Gasteiger partial charge in [-0.1, -0.05) is 6.92 Å². The Balaban J connectivity index is 2.40. The molecule has 0 fully saturated rings. The van der Waals surface area contributed by atoms with Crippen LogP contribution < -0.4 is 5.32 Å². The van der Waals surface area contributed by atoms with Gasteiger partial charge in [-0.05, 0) is 34.5 Å². The molecule has 0 aliphatic carbocycles. The number of carbonyl (C=O) groups is 1. The van der Waals surface area contributed by atoms with Gasteiger partial charge >= 0.3 is 0 Å². The molecule has 0 spiro atoms. The highest BCUT2D eigenvalue weighted by Gasteiger charge is 2.13. The number of sulfonamides is 1. The van der Waals surface area contributed by atoms with E-state index in [9.17, 15) is 13.2 Å². The Kier molecular flexibility index (Phi) is 6.57. The molecule has 0 atom stereocenters. The van der Waals surface area contributed by atoms with Gasteiger partial charge in [0.05, 0.1) is 6.26 Å². The quantitative estimate of drug-likeness (QED) is 0.583. The predicted octanol–water partition coefficient (Wildman–Crippen LogP) is 1.25. The summed E-state index contributed by atoms with van der Waals surface area (Å²) in [6.45, 7) is 3.04. The van der Waals surface area contributed by atoms with E-state index < -0.39 is 10.0 Å². The molecule has 1 N–H and O–H groups in total. The van der Waals surface area contributed by atoms with Crippen molar-refractivity contribution in [2.45, 2.75) is 13.3 Å². The summed E-state index contributed by atoms with van der Waals surface area (Å²) in [6, 6.07) is 3.25. The Bertz CT molecular complexity index is 563. The Morgan fingerprint density at radius 3 is 2.75 bits per heavy atom. The molecular weight excluding hydrogens is 346 g/mol. The van der Waals surface area contributed by atoms with Gasteiger partial charge in [0.25, 0.3) is 5.91 Å². The van der Waals surface area contributed by atoms with Gasteiger partial charge in [0, 0.05) is 31.4 Å². The number of carbonyl (C=O) groups excluding carboxylic acids is 1. The first kappa shape index (κ1) is 17.1. The van der Waals surface area contributed by atoms with E-state index in [2.05, 4.69) is 26.2 Å². The maximum atomic E-state index is 11.8. The van der Waals surface area contributed by atoms with Crippen molar-refractivity contribution in [1.29, 1.82) is 0 Å². The lowest BCUT2D eigenvalue weighted by Gasteiger charge is -2.17. The zero-order valence-corrected chi connectivity index (χ0v) is 13.9. The van der Waals surface area contributed by atoms with Crippen molar-refractivity contribution in [2.24, 2.45) is 0 Å². The van der Waals surface area contributed by atoms with Gasteiger partial charge in [-0.2, -0.15) is 0 Å². The van der Waals surface area contributed by atoms with Gasteiger partial charge in [0.2, 0.25) is 10.0 Å². The number of hydrogen-bond donors (Lipinski definition) is 1. The van der Waals surface area contributed by atoms with E-state index in [-0.39, 0.29) is 5.91 Å². The molecule has 1 aromatic rings. The van der Waals surface area contributed by atoms with Crippen LogP contribution in [0, 0.1) is 0 Å². The zero-order valence-electron chi connectivity index (χ0n) is 11.5. The molecule has 1 heterocycles. The molecule has 0 saturated heterocycles. The van der Waals surface area contributed by atoms with E-state index in [1.165, 1.54) is 10.6 Å². The Morgan fingerprint density at radius 1 is 1.50 bits per heavy atom. The maximum Gasteiger partial charge on any atom is 0.251 e. The van der Waals surface area contributed by atoms with Crippen LogP contribution in [0.1, 0.15) is 23.7 Å². The summed E-state index contributed by atoms with van der Waals surface area (Å²) in [5.74, 6) is -0.199. The Hall–Kier alpha value is -0.990. The van der Waals surface area contributed by atoms with E-state index in [0.29, 0.717) is 36.2 Å². The SMILES string of the molecule is CCN(CCCNC(=O)c1ccnc(Br)c1)S(C)(=O)=O. The Morgan fingerprint density at radius 2 is 2.20 bits per heavy atom. The topological polar surface area (TPSA) is 79.4 Å². The number of nitrogens with one attached hydrogen (secondary N) is 1. The van der Waals surface area contributed by atoms with Gasteiger partial charge in [0.1, 0.15) is 4.60 Å². The molecule has 1 rings (SSSR count). The number of hydrogen-bond acceptors (Lipinski definition) is 4. The number of rotatable bonds is 7. The largest absolute Gasteiger partial charge is 0.352 e. The van der Waals surface area contributed by atoms with Crippen molar-refractivity contribution in [3.63, 3.8) is 0 Å². The maximum absolute atomic E-state index is 11.8. The van der Waals surface area contributed by atoms with Crippen molar-refractivity contribution >= 4 is 31.9 Å². The molecule has 20 heavy (non-hydrogen) atoms. The van der Waals surface area contributed by atoms with Gasteiger partial charge in [-0.3, -0.25) is 4.79 Å². The average molecular weight is 364 g/mol. The molecule has 1 amide bonds. The van der Waals surface area contributed by atoms with Crippen LogP contribution in [0.15, 0.2) is 22.9 Å². The summed E-state index contributed by atoms with van der Waals surface area (Å²) in [6.07, 6.45) is 3.30. The summed E-state index contributed by atoms with van der Waals surface area (Å²) in [5, 5.41) is 2.75. The van der Waals surface area contributed by atoms with Crippen LogP contribution in [-0.2, 0) is 10.0 Å². The lowest BCUT2D eigenvalue weighted by Crippen LogP contribution is -2.33. The standard InChI is InChI=1S/C12H18BrN3O3S/c1-3-16(20(2,18)19)8-4-6-15-12(17)10-5-7-14-11(13)9-10/h5,7,9H,3-4,6,8H2,1-2H3,(H,15,17). The zero-order chi connectivity index (χ0) is 15.2. The highest BCUT2D eigenvalue weighted by Crippen LogP contribution is 2.07. The second-order valence-electron chi connectivity index (χ2n) is 4.23. The molecular formula is C12H18BrN3O3S. The summed E-state index contributed by atoms with van der Waals surface area (Å²) in [5.41, 5.74) is 0.516. The highest BCUT2D eigenvalue weighted by atomic mass is 79.9. The van der Waals surface area contributed by atoms with E-state index in [1.54, 1.807) is 25.3 Å². The second-order valence-corrected chi connectivity index (χ2v) is 7.03. The van der Waals surface area contributed by atoms with Crippen LogP contribution in [0.3, 0.4) is 0 Å². The summed E-state index contributed by atoms with van der Waals surface area (Å²) >= 11 is 3.20. The third kappa shape index (κ3) is 5.56. The molecule has 0 aromatic carbocycles. The van der Waals surface area contributed by atoms with Crippen LogP contribution >= 0.6 is 15.9 Å². The fraction of sp³-hybridized carbons (Fsp3) is 0.500. The molecule has 0 aliphatic heterocycles. The first-order valence-electron chi connectivity index (χ1n) is 6.19. The minimum absolute atomic E-state index is 0.199. The number of nitrogens with zero attached hydrogens (tertiary/aromatic N) is 2. The van der Waals surface area contributed by atoms with Gasteiger partial charge < -0.3 is 5.32 Å². The van der Waals surface area contributed by atoms with Gasteiger partial charge in [-0.15, -0.1) is 0 Å². The lowest BCUT2D eigenvalue weighted by molar-refractivity contribution is 0.0952. The minimum Gasteiger partial charge on any atom is -0.352 e. The fourth-order valence-electron chi connectivity index (χ4n) is 1.66. The third-order valence-electron chi connectivity index (χ3n) is 2.68. The molecule has 0 radical (unpaired) electrons. The highest BCUT2D eigenvalue weighted by molar-refractivity contribution is 9.10. The lowest BCUT2D eigenvalue weighted by atomic mass is 10.2. The summed E-state index contributed by atoms with van der Waals surface area (Å²) in [4.78, 5) is 15.8. The number of pyridine rings is 1. The average Bonchev–Trinajstić information content (AvgIpc) is 2.37. The third-order valence-corrected chi connectivity index (χ3v) is 4.49. The van der Waals surface area contributed by atoms with Gasteiger partial charge in [0.15, 0.2) is 0 Å². The number of aromatic nitrogens is 1. The first-order chi connectivity index (χ1) is 9.34. The monoisotopic (exact) mass is 363 g/mol. The van der Waals surface area contributed by atoms with E-state index in [0.717, 1.165) is 0 Å². The number of amides is 1. The normalized spacial score (nSPS) is 11.6. The predicted molar refractivity (Wildman–Crippen MR) is 81.0 cm³/mol. The summed E-state index contributed by atoms with van der Waals surface area (Å²) in [7, 11) is -3.17. The smallest absolute Gasteiger partial charge is 0.251 e. The molecule has 6 nitrogen and oxygen atoms in total. The second kappa shape index (κ2) is 7.70.